The van der Waals surface area contributed by atoms with Gasteiger partial charge in [-0.15, -0.1) is 0 Å². The highest BCUT2D eigenvalue weighted by atomic mass is 16.2. The fourth-order valence-electron chi connectivity index (χ4n) is 3.69. The molecule has 24 heavy (non-hydrogen) atoms. The van der Waals surface area contributed by atoms with Crippen molar-refractivity contribution in [2.75, 3.05) is 13.1 Å². The van der Waals surface area contributed by atoms with Crippen molar-refractivity contribution in [3.8, 4) is 0 Å². The smallest absolute Gasteiger partial charge is 0.272 e. The van der Waals surface area contributed by atoms with Crippen molar-refractivity contribution < 1.29 is 4.79 Å². The van der Waals surface area contributed by atoms with E-state index in [-0.39, 0.29) is 5.91 Å². The molecule has 0 spiro atoms. The van der Waals surface area contributed by atoms with Gasteiger partial charge in [0.15, 0.2) is 0 Å². The van der Waals surface area contributed by atoms with Gasteiger partial charge in [0.25, 0.3) is 5.91 Å². The van der Waals surface area contributed by atoms with Crippen LogP contribution in [0.1, 0.15) is 53.6 Å². The number of aryl methyl sites for hydroxylation is 1. The molecule has 1 unspecified atom stereocenters. The van der Waals surface area contributed by atoms with Crippen LogP contribution < -0.4 is 0 Å². The van der Waals surface area contributed by atoms with E-state index in [4.69, 9.17) is 0 Å². The van der Waals surface area contributed by atoms with Gasteiger partial charge in [0.1, 0.15) is 11.5 Å². The van der Waals surface area contributed by atoms with E-state index in [1.54, 1.807) is 12.3 Å². The summed E-state index contributed by atoms with van der Waals surface area (Å²) in [6.45, 7) is 4.77. The number of aromatic nitrogens is 3. The van der Waals surface area contributed by atoms with Gasteiger partial charge in [0, 0.05) is 43.6 Å². The largest absolute Gasteiger partial charge is 0.337 e. The molecule has 1 saturated heterocycles. The first-order valence-corrected chi connectivity index (χ1v) is 8.94. The standard InChI is InChI=1S/C19H24N4O/c1-14-11-21-18(16-7-8-16)23(14)13-15-5-4-10-22(12-15)19(24)17-6-2-3-9-20-17/h2-3,6,9,11,15-16H,4-5,7-8,10,12-13H2,1H3. The number of carbonyl (C=O) groups is 1. The maximum absolute atomic E-state index is 12.6. The minimum atomic E-state index is 0.0602. The van der Waals surface area contributed by atoms with Crippen molar-refractivity contribution in [1.82, 2.24) is 19.4 Å². The van der Waals surface area contributed by atoms with Crippen LogP contribution in [0.5, 0.6) is 0 Å². The van der Waals surface area contributed by atoms with Gasteiger partial charge in [-0.2, -0.15) is 0 Å². The molecule has 0 aromatic carbocycles. The summed E-state index contributed by atoms with van der Waals surface area (Å²) >= 11 is 0. The van der Waals surface area contributed by atoms with Crippen molar-refractivity contribution in [2.24, 2.45) is 5.92 Å². The van der Waals surface area contributed by atoms with Gasteiger partial charge in [-0.25, -0.2) is 4.98 Å². The zero-order valence-electron chi connectivity index (χ0n) is 14.2. The van der Waals surface area contributed by atoms with Crippen molar-refractivity contribution in [1.29, 1.82) is 0 Å². The third-order valence-electron chi connectivity index (χ3n) is 5.16. The first-order valence-electron chi connectivity index (χ1n) is 8.94. The molecule has 5 heteroatoms. The van der Waals surface area contributed by atoms with E-state index in [1.807, 2.05) is 23.2 Å². The van der Waals surface area contributed by atoms with Crippen LogP contribution in [0.2, 0.25) is 0 Å². The van der Waals surface area contributed by atoms with Gasteiger partial charge in [0.2, 0.25) is 0 Å². The van der Waals surface area contributed by atoms with E-state index < -0.39 is 0 Å². The van der Waals surface area contributed by atoms with Gasteiger partial charge in [-0.1, -0.05) is 6.07 Å². The number of rotatable bonds is 4. The van der Waals surface area contributed by atoms with Crippen LogP contribution in [0.3, 0.4) is 0 Å². The summed E-state index contributed by atoms with van der Waals surface area (Å²) in [7, 11) is 0. The minimum Gasteiger partial charge on any atom is -0.337 e. The van der Waals surface area contributed by atoms with Crippen LogP contribution in [0.15, 0.2) is 30.6 Å². The average molecular weight is 324 g/mol. The van der Waals surface area contributed by atoms with Gasteiger partial charge >= 0.3 is 0 Å². The lowest BCUT2D eigenvalue weighted by atomic mass is 9.97. The number of hydrogen-bond donors (Lipinski definition) is 0. The lowest BCUT2D eigenvalue weighted by Crippen LogP contribution is -2.41. The van der Waals surface area contributed by atoms with Crippen molar-refractivity contribution in [3.63, 3.8) is 0 Å². The second kappa shape index (κ2) is 6.38. The van der Waals surface area contributed by atoms with Gasteiger partial charge < -0.3 is 9.47 Å². The third kappa shape index (κ3) is 3.07. The van der Waals surface area contributed by atoms with Crippen molar-refractivity contribution in [2.45, 2.75) is 45.1 Å². The topological polar surface area (TPSA) is 51.0 Å². The highest BCUT2D eigenvalue weighted by Crippen LogP contribution is 2.40. The van der Waals surface area contributed by atoms with E-state index in [0.29, 0.717) is 17.5 Å². The SMILES string of the molecule is Cc1cnc(C2CC2)n1CC1CCCN(C(=O)c2ccccn2)C1. The van der Waals surface area contributed by atoms with Crippen LogP contribution in [0.4, 0.5) is 0 Å². The number of nitrogens with zero attached hydrogens (tertiary/aromatic N) is 4. The molecule has 5 nitrogen and oxygen atoms in total. The molecule has 1 aliphatic heterocycles. The summed E-state index contributed by atoms with van der Waals surface area (Å²) in [6, 6.07) is 5.52. The number of imidazole rings is 1. The molecule has 1 aliphatic carbocycles. The second-order valence-corrected chi connectivity index (χ2v) is 7.12. The molecular formula is C19H24N4O. The van der Waals surface area contributed by atoms with E-state index in [9.17, 15) is 4.79 Å². The molecule has 2 fully saturated rings. The lowest BCUT2D eigenvalue weighted by Gasteiger charge is -2.33. The maximum Gasteiger partial charge on any atom is 0.272 e. The molecule has 2 aliphatic rings. The summed E-state index contributed by atoms with van der Waals surface area (Å²) in [5.74, 6) is 2.47. The summed E-state index contributed by atoms with van der Waals surface area (Å²) in [6.07, 6.45) is 8.46. The van der Waals surface area contributed by atoms with Gasteiger partial charge in [-0.3, -0.25) is 9.78 Å². The Bertz CT molecular complexity index is 720. The predicted molar refractivity (Wildman–Crippen MR) is 91.8 cm³/mol. The Morgan fingerprint density at radius 1 is 1.25 bits per heavy atom. The lowest BCUT2D eigenvalue weighted by molar-refractivity contribution is 0.0655. The molecule has 3 heterocycles. The summed E-state index contributed by atoms with van der Waals surface area (Å²) in [5.41, 5.74) is 1.79. The zero-order valence-corrected chi connectivity index (χ0v) is 14.2. The molecule has 2 aromatic heterocycles. The fourth-order valence-corrected chi connectivity index (χ4v) is 3.69. The van der Waals surface area contributed by atoms with Gasteiger partial charge in [-0.05, 0) is 50.7 Å². The second-order valence-electron chi connectivity index (χ2n) is 7.12. The van der Waals surface area contributed by atoms with Crippen LogP contribution in [-0.2, 0) is 6.54 Å². The first kappa shape index (κ1) is 15.4. The zero-order chi connectivity index (χ0) is 16.5. The Morgan fingerprint density at radius 3 is 2.88 bits per heavy atom. The maximum atomic E-state index is 12.6. The van der Waals surface area contributed by atoms with E-state index in [1.165, 1.54) is 30.8 Å². The van der Waals surface area contributed by atoms with E-state index >= 15 is 0 Å². The molecule has 0 bridgehead atoms. The molecule has 0 radical (unpaired) electrons. The van der Waals surface area contributed by atoms with Crippen LogP contribution in [0, 0.1) is 12.8 Å². The minimum absolute atomic E-state index is 0.0602. The highest BCUT2D eigenvalue weighted by molar-refractivity contribution is 5.92. The van der Waals surface area contributed by atoms with Crippen molar-refractivity contribution >= 4 is 5.91 Å². The highest BCUT2D eigenvalue weighted by Gasteiger charge is 2.31. The molecule has 0 N–H and O–H groups in total. The van der Waals surface area contributed by atoms with Crippen LogP contribution in [-0.4, -0.2) is 38.4 Å². The monoisotopic (exact) mass is 324 g/mol. The number of carbonyl (C=O) groups excluding carboxylic acids is 1. The predicted octanol–water partition coefficient (Wildman–Crippen LogP) is 3.02. The third-order valence-corrected chi connectivity index (χ3v) is 5.16. The number of piperidine rings is 1. The molecule has 2 aromatic rings. The Morgan fingerprint density at radius 2 is 2.12 bits per heavy atom. The Kier molecular flexibility index (Phi) is 4.08. The molecule has 1 saturated carbocycles. The molecule has 4 rings (SSSR count). The Balaban J connectivity index is 1.46. The Hall–Kier alpha value is -2.17. The first-order chi connectivity index (χ1) is 11.7. The average Bonchev–Trinajstić information content (AvgIpc) is 3.40. The number of likely N-dealkylation sites (tertiary alicyclic amines) is 1. The summed E-state index contributed by atoms with van der Waals surface area (Å²) < 4.78 is 2.39. The van der Waals surface area contributed by atoms with E-state index in [0.717, 1.165) is 26.1 Å². The number of amides is 1. The van der Waals surface area contributed by atoms with E-state index in [2.05, 4.69) is 21.5 Å². The number of pyridine rings is 1. The summed E-state index contributed by atoms with van der Waals surface area (Å²) in [4.78, 5) is 23.4. The normalized spacial score (nSPS) is 21.0. The fraction of sp³-hybridized carbons (Fsp3) is 0.526. The quantitative estimate of drug-likeness (QED) is 0.868. The molecular weight excluding hydrogens is 300 g/mol. The summed E-state index contributed by atoms with van der Waals surface area (Å²) in [5, 5.41) is 0. The van der Waals surface area contributed by atoms with Crippen molar-refractivity contribution in [3.05, 3.63) is 47.8 Å². The van der Waals surface area contributed by atoms with Crippen LogP contribution in [0.25, 0.3) is 0 Å². The molecule has 1 atom stereocenters. The molecule has 1 amide bonds. The Labute approximate surface area is 142 Å². The van der Waals surface area contributed by atoms with Crippen LogP contribution >= 0.6 is 0 Å². The van der Waals surface area contributed by atoms with Gasteiger partial charge in [0.05, 0.1) is 0 Å². The molecule has 126 valence electrons. The number of hydrogen-bond acceptors (Lipinski definition) is 3.